The third-order valence-electron chi connectivity index (χ3n) is 4.34. The highest BCUT2D eigenvalue weighted by Gasteiger charge is 2.26. The Morgan fingerprint density at radius 2 is 2.25 bits per heavy atom. The van der Waals surface area contributed by atoms with Crippen LogP contribution in [0.15, 0.2) is 24.3 Å². The lowest BCUT2D eigenvalue weighted by atomic mass is 10.2. The van der Waals surface area contributed by atoms with Crippen molar-refractivity contribution >= 4 is 29.1 Å². The Kier molecular flexibility index (Phi) is 5.71. The average molecular weight is 352 g/mol. The summed E-state index contributed by atoms with van der Waals surface area (Å²) in [5, 5.41) is 3.50. The Morgan fingerprint density at radius 3 is 2.96 bits per heavy atom. The lowest BCUT2D eigenvalue weighted by Crippen LogP contribution is -2.53. The molecule has 2 amide bonds. The maximum atomic E-state index is 12.4. The molecule has 0 spiro atoms. The second-order valence-electron chi connectivity index (χ2n) is 6.18. The van der Waals surface area contributed by atoms with E-state index in [4.69, 9.17) is 16.3 Å². The molecule has 0 saturated carbocycles. The summed E-state index contributed by atoms with van der Waals surface area (Å²) in [6, 6.07) is 7.26. The SMILES string of the molecule is O=C(CN1CCN(c2cccc(Cl)c2)C(=O)C1)NCC1CCCO1. The van der Waals surface area contributed by atoms with E-state index in [2.05, 4.69) is 5.32 Å². The topological polar surface area (TPSA) is 61.9 Å². The number of nitrogens with zero attached hydrogens (tertiary/aromatic N) is 2. The molecule has 2 aliphatic rings. The zero-order valence-electron chi connectivity index (χ0n) is 13.5. The molecular weight excluding hydrogens is 330 g/mol. The van der Waals surface area contributed by atoms with E-state index >= 15 is 0 Å². The summed E-state index contributed by atoms with van der Waals surface area (Å²) < 4.78 is 5.48. The molecule has 7 heteroatoms. The van der Waals surface area contributed by atoms with Gasteiger partial charge in [0.1, 0.15) is 0 Å². The zero-order chi connectivity index (χ0) is 16.9. The largest absolute Gasteiger partial charge is 0.376 e. The number of piperazine rings is 1. The predicted octanol–water partition coefficient (Wildman–Crippen LogP) is 1.28. The number of hydrogen-bond donors (Lipinski definition) is 1. The highest BCUT2D eigenvalue weighted by Crippen LogP contribution is 2.21. The summed E-state index contributed by atoms with van der Waals surface area (Å²) in [6.07, 6.45) is 2.19. The van der Waals surface area contributed by atoms with Crippen molar-refractivity contribution in [1.29, 1.82) is 0 Å². The lowest BCUT2D eigenvalue weighted by molar-refractivity contribution is -0.125. The lowest BCUT2D eigenvalue weighted by Gasteiger charge is -2.34. The minimum absolute atomic E-state index is 0.0181. The van der Waals surface area contributed by atoms with Crippen molar-refractivity contribution < 1.29 is 14.3 Å². The molecule has 1 N–H and O–H groups in total. The number of carbonyl (C=O) groups is 2. The normalized spacial score (nSPS) is 22.0. The van der Waals surface area contributed by atoms with Gasteiger partial charge >= 0.3 is 0 Å². The molecule has 3 rings (SSSR count). The van der Waals surface area contributed by atoms with Crippen LogP contribution in [0.3, 0.4) is 0 Å². The van der Waals surface area contributed by atoms with Crippen LogP contribution in [0, 0.1) is 0 Å². The van der Waals surface area contributed by atoms with Crippen LogP contribution in [0.2, 0.25) is 5.02 Å². The molecule has 0 aromatic heterocycles. The van der Waals surface area contributed by atoms with Crippen molar-refractivity contribution in [2.45, 2.75) is 18.9 Å². The van der Waals surface area contributed by atoms with Crippen molar-refractivity contribution in [2.24, 2.45) is 0 Å². The van der Waals surface area contributed by atoms with Gasteiger partial charge in [-0.05, 0) is 31.0 Å². The molecule has 1 unspecified atom stereocenters. The highest BCUT2D eigenvalue weighted by molar-refractivity contribution is 6.30. The Morgan fingerprint density at radius 1 is 1.38 bits per heavy atom. The van der Waals surface area contributed by atoms with Crippen LogP contribution in [0.5, 0.6) is 0 Å². The summed E-state index contributed by atoms with van der Waals surface area (Å²) in [6.45, 7) is 3.02. The van der Waals surface area contributed by atoms with Gasteiger partial charge in [0.05, 0.1) is 19.2 Å². The maximum Gasteiger partial charge on any atom is 0.241 e. The molecular formula is C17H22ClN3O3. The van der Waals surface area contributed by atoms with Crippen LogP contribution in [0.25, 0.3) is 0 Å². The van der Waals surface area contributed by atoms with Crippen molar-refractivity contribution in [3.8, 4) is 0 Å². The molecule has 0 radical (unpaired) electrons. The molecule has 2 saturated heterocycles. The number of hydrogen-bond acceptors (Lipinski definition) is 4. The van der Waals surface area contributed by atoms with E-state index in [1.807, 2.05) is 17.0 Å². The number of rotatable bonds is 5. The van der Waals surface area contributed by atoms with Crippen LogP contribution in [0.4, 0.5) is 5.69 Å². The molecule has 6 nitrogen and oxygen atoms in total. The van der Waals surface area contributed by atoms with E-state index in [1.165, 1.54) is 0 Å². The first-order valence-electron chi connectivity index (χ1n) is 8.28. The first-order chi connectivity index (χ1) is 11.6. The van der Waals surface area contributed by atoms with Gasteiger partial charge < -0.3 is 15.0 Å². The number of amides is 2. The molecule has 24 heavy (non-hydrogen) atoms. The van der Waals surface area contributed by atoms with Crippen molar-refractivity contribution in [1.82, 2.24) is 10.2 Å². The summed E-state index contributed by atoms with van der Waals surface area (Å²) in [7, 11) is 0. The van der Waals surface area contributed by atoms with E-state index in [0.717, 1.165) is 25.1 Å². The first-order valence-corrected chi connectivity index (χ1v) is 8.66. The number of benzene rings is 1. The summed E-state index contributed by atoms with van der Waals surface area (Å²) in [5.74, 6) is -0.0788. The predicted molar refractivity (Wildman–Crippen MR) is 92.2 cm³/mol. The Balaban J connectivity index is 1.46. The Hall–Kier alpha value is -1.63. The maximum absolute atomic E-state index is 12.4. The Labute approximate surface area is 146 Å². The van der Waals surface area contributed by atoms with Gasteiger partial charge in [0.2, 0.25) is 11.8 Å². The van der Waals surface area contributed by atoms with Gasteiger partial charge in [-0.3, -0.25) is 14.5 Å². The fourth-order valence-electron chi connectivity index (χ4n) is 3.07. The number of halogens is 1. The van der Waals surface area contributed by atoms with Gasteiger partial charge in [-0.2, -0.15) is 0 Å². The molecule has 2 aliphatic heterocycles. The van der Waals surface area contributed by atoms with E-state index in [1.54, 1.807) is 17.0 Å². The number of anilines is 1. The number of carbonyl (C=O) groups excluding carboxylic acids is 2. The number of nitrogens with one attached hydrogen (secondary N) is 1. The smallest absolute Gasteiger partial charge is 0.241 e. The first kappa shape index (κ1) is 17.2. The van der Waals surface area contributed by atoms with Crippen LogP contribution in [0.1, 0.15) is 12.8 Å². The van der Waals surface area contributed by atoms with Gasteiger partial charge in [0.15, 0.2) is 0 Å². The quantitative estimate of drug-likeness (QED) is 0.868. The second kappa shape index (κ2) is 7.96. The molecule has 1 aromatic rings. The van der Waals surface area contributed by atoms with E-state index in [0.29, 0.717) is 24.7 Å². The van der Waals surface area contributed by atoms with Gasteiger partial charge in [-0.25, -0.2) is 0 Å². The zero-order valence-corrected chi connectivity index (χ0v) is 14.3. The van der Waals surface area contributed by atoms with Crippen molar-refractivity contribution in [3.63, 3.8) is 0 Å². The van der Waals surface area contributed by atoms with Crippen LogP contribution >= 0.6 is 11.6 Å². The fraction of sp³-hybridized carbons (Fsp3) is 0.529. The molecule has 130 valence electrons. The molecule has 2 fully saturated rings. The van der Waals surface area contributed by atoms with Gasteiger partial charge in [-0.1, -0.05) is 17.7 Å². The summed E-state index contributed by atoms with van der Waals surface area (Å²) in [4.78, 5) is 28.0. The molecule has 0 bridgehead atoms. The molecule has 2 heterocycles. The van der Waals surface area contributed by atoms with E-state index < -0.39 is 0 Å². The molecule has 1 aromatic carbocycles. The van der Waals surface area contributed by atoms with Crippen LogP contribution in [-0.4, -0.2) is 62.1 Å². The average Bonchev–Trinajstić information content (AvgIpc) is 3.06. The third-order valence-corrected chi connectivity index (χ3v) is 4.57. The van der Waals surface area contributed by atoms with Crippen molar-refractivity contribution in [3.05, 3.63) is 29.3 Å². The minimum Gasteiger partial charge on any atom is -0.376 e. The second-order valence-corrected chi connectivity index (χ2v) is 6.61. The van der Waals surface area contributed by atoms with Crippen LogP contribution in [-0.2, 0) is 14.3 Å². The third kappa shape index (κ3) is 4.47. The summed E-state index contributed by atoms with van der Waals surface area (Å²) >= 11 is 5.99. The minimum atomic E-state index is -0.0606. The standard InChI is InChI=1S/C17H22ClN3O3/c18-13-3-1-4-14(9-13)21-7-6-20(12-17(21)23)11-16(22)19-10-15-5-2-8-24-15/h1,3-4,9,15H,2,5-8,10-12H2,(H,19,22). The highest BCUT2D eigenvalue weighted by atomic mass is 35.5. The Bertz CT molecular complexity index is 604. The molecule has 1 atom stereocenters. The van der Waals surface area contributed by atoms with Gasteiger partial charge in [0.25, 0.3) is 0 Å². The van der Waals surface area contributed by atoms with Gasteiger partial charge in [0, 0.05) is 37.0 Å². The monoisotopic (exact) mass is 351 g/mol. The van der Waals surface area contributed by atoms with E-state index in [-0.39, 0.29) is 31.0 Å². The number of ether oxygens (including phenoxy) is 1. The van der Waals surface area contributed by atoms with E-state index in [9.17, 15) is 9.59 Å². The summed E-state index contributed by atoms with van der Waals surface area (Å²) in [5.41, 5.74) is 0.801. The van der Waals surface area contributed by atoms with Crippen LogP contribution < -0.4 is 10.2 Å². The van der Waals surface area contributed by atoms with Crippen molar-refractivity contribution in [2.75, 3.05) is 44.2 Å². The fourth-order valence-corrected chi connectivity index (χ4v) is 3.25. The molecule has 0 aliphatic carbocycles. The van der Waals surface area contributed by atoms with Gasteiger partial charge in [-0.15, -0.1) is 0 Å².